The minimum Gasteiger partial charge on any atom is -0.297 e. The zero-order chi connectivity index (χ0) is 17.7. The van der Waals surface area contributed by atoms with Crippen LogP contribution in [0.4, 0.5) is 5.13 Å². The standard InChI is InChI=1S/C19H16N4OS2/c1-11-13-10-16(17(24)21-19-20-14-8-5-9-15(14)26-19)25-18(13)23(22-11)12-6-3-2-4-7-12/h2-4,6-7,10H,5,8-9H2,1H3,(H,20,21,24). The number of fused-ring (bicyclic) bond motifs is 2. The second-order valence-corrected chi connectivity index (χ2v) is 8.47. The van der Waals surface area contributed by atoms with Gasteiger partial charge in [0.1, 0.15) is 4.83 Å². The number of rotatable bonds is 3. The van der Waals surface area contributed by atoms with E-state index in [1.165, 1.54) is 22.6 Å². The molecule has 0 atom stereocenters. The molecule has 0 saturated heterocycles. The summed E-state index contributed by atoms with van der Waals surface area (Å²) < 4.78 is 1.91. The summed E-state index contributed by atoms with van der Waals surface area (Å²) in [6.45, 7) is 1.97. The van der Waals surface area contributed by atoms with Crippen LogP contribution in [-0.2, 0) is 12.8 Å². The maximum Gasteiger partial charge on any atom is 0.267 e. The molecule has 3 heterocycles. The van der Waals surface area contributed by atoms with Gasteiger partial charge in [-0.15, -0.1) is 22.7 Å². The third-order valence-electron chi connectivity index (χ3n) is 4.59. The number of aromatic nitrogens is 3. The van der Waals surface area contributed by atoms with Crippen molar-refractivity contribution in [3.8, 4) is 5.69 Å². The van der Waals surface area contributed by atoms with Crippen LogP contribution in [0.3, 0.4) is 0 Å². The van der Waals surface area contributed by atoms with Gasteiger partial charge in [-0.2, -0.15) is 5.10 Å². The molecule has 5 nitrogen and oxygen atoms in total. The van der Waals surface area contributed by atoms with E-state index < -0.39 is 0 Å². The number of carbonyl (C=O) groups excluding carboxylic acids is 1. The van der Waals surface area contributed by atoms with Crippen molar-refractivity contribution in [1.82, 2.24) is 14.8 Å². The first kappa shape index (κ1) is 15.7. The van der Waals surface area contributed by atoms with Crippen LogP contribution < -0.4 is 5.32 Å². The number of hydrogen-bond acceptors (Lipinski definition) is 5. The molecule has 0 bridgehead atoms. The molecule has 5 rings (SSSR count). The van der Waals surface area contributed by atoms with E-state index in [0.717, 1.165) is 40.1 Å². The molecule has 7 heteroatoms. The first-order valence-corrected chi connectivity index (χ1v) is 10.2. The topological polar surface area (TPSA) is 59.8 Å². The number of para-hydroxylation sites is 1. The van der Waals surface area contributed by atoms with Gasteiger partial charge in [0.2, 0.25) is 0 Å². The lowest BCUT2D eigenvalue weighted by molar-refractivity contribution is 0.103. The predicted molar refractivity (Wildman–Crippen MR) is 106 cm³/mol. The summed E-state index contributed by atoms with van der Waals surface area (Å²) in [4.78, 5) is 20.2. The Hall–Kier alpha value is -2.51. The summed E-state index contributed by atoms with van der Waals surface area (Å²) in [6, 6.07) is 11.9. The van der Waals surface area contributed by atoms with Gasteiger partial charge < -0.3 is 0 Å². The number of benzene rings is 1. The number of thiophene rings is 1. The Morgan fingerprint density at radius 1 is 1.19 bits per heavy atom. The molecule has 3 aromatic heterocycles. The van der Waals surface area contributed by atoms with E-state index in [1.807, 2.05) is 48.0 Å². The molecule has 0 aliphatic heterocycles. The number of anilines is 1. The molecule has 1 aliphatic rings. The first-order valence-electron chi connectivity index (χ1n) is 8.53. The average molecular weight is 380 g/mol. The Bertz CT molecular complexity index is 1100. The molecule has 1 amide bonds. The van der Waals surface area contributed by atoms with Crippen molar-refractivity contribution in [2.75, 3.05) is 5.32 Å². The second kappa shape index (κ2) is 6.03. The molecule has 1 N–H and O–H groups in total. The maximum absolute atomic E-state index is 12.7. The third-order valence-corrected chi connectivity index (χ3v) is 6.77. The number of nitrogens with zero attached hydrogens (tertiary/aromatic N) is 3. The summed E-state index contributed by atoms with van der Waals surface area (Å²) in [6.07, 6.45) is 3.28. The molecule has 26 heavy (non-hydrogen) atoms. The minimum absolute atomic E-state index is 0.0994. The highest BCUT2D eigenvalue weighted by Gasteiger charge is 2.20. The van der Waals surface area contributed by atoms with Gasteiger partial charge in [0.15, 0.2) is 5.13 Å². The highest BCUT2D eigenvalue weighted by Crippen LogP contribution is 2.33. The monoisotopic (exact) mass is 380 g/mol. The Kier molecular flexibility index (Phi) is 3.65. The average Bonchev–Trinajstić information content (AvgIpc) is 3.37. The zero-order valence-electron chi connectivity index (χ0n) is 14.2. The lowest BCUT2D eigenvalue weighted by atomic mass is 10.3. The molecular formula is C19H16N4OS2. The van der Waals surface area contributed by atoms with Gasteiger partial charge in [-0.25, -0.2) is 9.67 Å². The highest BCUT2D eigenvalue weighted by molar-refractivity contribution is 7.20. The lowest BCUT2D eigenvalue weighted by Crippen LogP contribution is -2.10. The Morgan fingerprint density at radius 2 is 2.04 bits per heavy atom. The molecule has 0 saturated carbocycles. The summed E-state index contributed by atoms with van der Waals surface area (Å²) in [7, 11) is 0. The fourth-order valence-electron chi connectivity index (χ4n) is 3.31. The smallest absolute Gasteiger partial charge is 0.267 e. The van der Waals surface area contributed by atoms with Crippen molar-refractivity contribution in [2.24, 2.45) is 0 Å². The van der Waals surface area contributed by atoms with E-state index in [0.29, 0.717) is 10.0 Å². The fraction of sp³-hybridized carbons (Fsp3) is 0.211. The normalized spacial score (nSPS) is 13.3. The summed E-state index contributed by atoms with van der Waals surface area (Å²) in [5, 5.41) is 9.32. The second-order valence-electron chi connectivity index (χ2n) is 6.36. The van der Waals surface area contributed by atoms with Crippen molar-refractivity contribution < 1.29 is 4.79 Å². The van der Waals surface area contributed by atoms with E-state index in [4.69, 9.17) is 0 Å². The van der Waals surface area contributed by atoms with Crippen LogP contribution in [0.15, 0.2) is 36.4 Å². The molecule has 0 fully saturated rings. The van der Waals surface area contributed by atoms with E-state index in [-0.39, 0.29) is 5.91 Å². The molecule has 1 aliphatic carbocycles. The summed E-state index contributed by atoms with van der Waals surface area (Å²) >= 11 is 3.06. The van der Waals surface area contributed by atoms with Crippen LogP contribution >= 0.6 is 22.7 Å². The van der Waals surface area contributed by atoms with Crippen LogP contribution in [0.5, 0.6) is 0 Å². The van der Waals surface area contributed by atoms with Crippen LogP contribution in [0.25, 0.3) is 15.9 Å². The van der Waals surface area contributed by atoms with Crippen LogP contribution in [-0.4, -0.2) is 20.7 Å². The predicted octanol–water partition coefficient (Wildman–Crippen LogP) is 4.59. The summed E-state index contributed by atoms with van der Waals surface area (Å²) in [5.41, 5.74) is 3.07. The van der Waals surface area contributed by atoms with Gasteiger partial charge in [0, 0.05) is 10.3 Å². The van der Waals surface area contributed by atoms with Gasteiger partial charge >= 0.3 is 0 Å². The van der Waals surface area contributed by atoms with E-state index >= 15 is 0 Å². The van der Waals surface area contributed by atoms with Crippen LogP contribution in [0.1, 0.15) is 32.4 Å². The largest absolute Gasteiger partial charge is 0.297 e. The Labute approximate surface area is 158 Å². The van der Waals surface area contributed by atoms with Gasteiger partial charge in [-0.3, -0.25) is 10.1 Å². The van der Waals surface area contributed by atoms with Crippen molar-refractivity contribution in [3.05, 3.63) is 57.5 Å². The van der Waals surface area contributed by atoms with Crippen molar-refractivity contribution >= 4 is 43.9 Å². The van der Waals surface area contributed by atoms with E-state index in [1.54, 1.807) is 11.3 Å². The van der Waals surface area contributed by atoms with Gasteiger partial charge in [-0.05, 0) is 44.4 Å². The van der Waals surface area contributed by atoms with E-state index in [9.17, 15) is 4.79 Å². The SMILES string of the molecule is Cc1nn(-c2ccccc2)c2sc(C(=O)Nc3nc4c(s3)CCC4)cc12. The Morgan fingerprint density at radius 3 is 2.85 bits per heavy atom. The summed E-state index contributed by atoms with van der Waals surface area (Å²) in [5.74, 6) is -0.0994. The minimum atomic E-state index is -0.0994. The first-order chi connectivity index (χ1) is 12.7. The van der Waals surface area contributed by atoms with Crippen LogP contribution in [0, 0.1) is 6.92 Å². The maximum atomic E-state index is 12.7. The van der Waals surface area contributed by atoms with Crippen molar-refractivity contribution in [2.45, 2.75) is 26.2 Å². The van der Waals surface area contributed by atoms with Crippen LogP contribution in [0.2, 0.25) is 0 Å². The molecule has 1 aromatic carbocycles. The highest BCUT2D eigenvalue weighted by atomic mass is 32.1. The van der Waals surface area contributed by atoms with Gasteiger partial charge in [0.05, 0.1) is 22.0 Å². The lowest BCUT2D eigenvalue weighted by Gasteiger charge is -2.01. The molecule has 0 unspecified atom stereocenters. The van der Waals surface area contributed by atoms with Gasteiger partial charge in [0.25, 0.3) is 5.91 Å². The zero-order valence-corrected chi connectivity index (χ0v) is 15.8. The number of aryl methyl sites for hydroxylation is 3. The molecule has 0 radical (unpaired) electrons. The van der Waals surface area contributed by atoms with Crippen molar-refractivity contribution in [1.29, 1.82) is 0 Å². The van der Waals surface area contributed by atoms with E-state index in [2.05, 4.69) is 15.4 Å². The molecule has 0 spiro atoms. The number of hydrogen-bond donors (Lipinski definition) is 1. The number of carbonyl (C=O) groups is 1. The third kappa shape index (κ3) is 2.55. The Balaban J connectivity index is 1.48. The quantitative estimate of drug-likeness (QED) is 0.565. The van der Waals surface area contributed by atoms with Crippen molar-refractivity contribution in [3.63, 3.8) is 0 Å². The van der Waals surface area contributed by atoms with Gasteiger partial charge in [-0.1, -0.05) is 18.2 Å². The molecule has 4 aromatic rings. The molecule has 130 valence electrons. The number of amides is 1. The number of thiazole rings is 1. The molecular weight excluding hydrogens is 364 g/mol. The fourth-order valence-corrected chi connectivity index (χ4v) is 5.43. The number of nitrogens with one attached hydrogen (secondary N) is 1.